The second-order valence-electron chi connectivity index (χ2n) is 6.85. The van der Waals surface area contributed by atoms with E-state index in [4.69, 9.17) is 5.21 Å². The first-order valence-corrected chi connectivity index (χ1v) is 9.40. The fraction of sp³-hybridized carbons (Fsp3) is 0.217. The Labute approximate surface area is 164 Å². The van der Waals surface area contributed by atoms with Crippen molar-refractivity contribution in [1.82, 2.24) is 10.4 Å². The zero-order valence-electron chi connectivity index (χ0n) is 15.6. The topological polar surface area (TPSA) is 69.6 Å². The molecule has 0 spiro atoms. The van der Waals surface area contributed by atoms with Gasteiger partial charge in [0.25, 0.3) is 5.91 Å². The fourth-order valence-electron chi connectivity index (χ4n) is 3.42. The van der Waals surface area contributed by atoms with Gasteiger partial charge < -0.3 is 4.90 Å². The summed E-state index contributed by atoms with van der Waals surface area (Å²) in [6.45, 7) is 1.53. The molecular formula is C23H24N2O3. The van der Waals surface area contributed by atoms with Crippen molar-refractivity contribution in [3.8, 4) is 0 Å². The minimum atomic E-state index is -0.589. The quantitative estimate of drug-likeness (QED) is 0.476. The lowest BCUT2D eigenvalue weighted by Gasteiger charge is -2.32. The predicted molar refractivity (Wildman–Crippen MR) is 109 cm³/mol. The van der Waals surface area contributed by atoms with Crippen molar-refractivity contribution >= 4 is 24.0 Å². The highest BCUT2D eigenvalue weighted by molar-refractivity contribution is 5.92. The molecule has 5 heteroatoms. The van der Waals surface area contributed by atoms with Gasteiger partial charge in [0.1, 0.15) is 0 Å². The molecule has 1 fully saturated rings. The number of amides is 2. The van der Waals surface area contributed by atoms with Crippen LogP contribution in [0.3, 0.4) is 0 Å². The number of carbonyl (C=O) groups is 2. The molecule has 1 aliphatic rings. The molecule has 2 N–H and O–H groups in total. The molecule has 2 aromatic carbocycles. The van der Waals surface area contributed by atoms with Crippen LogP contribution in [-0.4, -0.2) is 35.0 Å². The Morgan fingerprint density at radius 1 is 1.00 bits per heavy atom. The third-order valence-electron chi connectivity index (χ3n) is 4.87. The number of nitrogens with one attached hydrogen (secondary N) is 1. The van der Waals surface area contributed by atoms with E-state index >= 15 is 0 Å². The summed E-state index contributed by atoms with van der Waals surface area (Å²) in [5.41, 5.74) is 4.52. The average Bonchev–Trinajstić information content (AvgIpc) is 2.76. The van der Waals surface area contributed by atoms with E-state index in [1.807, 2.05) is 47.4 Å². The summed E-state index contributed by atoms with van der Waals surface area (Å²) in [5, 5.41) is 8.52. The Balaban J connectivity index is 1.63. The fourth-order valence-corrected chi connectivity index (χ4v) is 3.42. The van der Waals surface area contributed by atoms with Gasteiger partial charge in [-0.15, -0.1) is 0 Å². The van der Waals surface area contributed by atoms with Gasteiger partial charge in [-0.05, 0) is 47.8 Å². The normalized spacial score (nSPS) is 17.2. The summed E-state index contributed by atoms with van der Waals surface area (Å²) in [6.07, 6.45) is 8.35. The van der Waals surface area contributed by atoms with Gasteiger partial charge in [-0.1, -0.05) is 48.5 Å². The molecule has 1 atom stereocenters. The van der Waals surface area contributed by atoms with Crippen LogP contribution in [0.25, 0.3) is 12.2 Å². The van der Waals surface area contributed by atoms with Gasteiger partial charge in [0.15, 0.2) is 0 Å². The summed E-state index contributed by atoms with van der Waals surface area (Å²) in [4.78, 5) is 25.6. The second-order valence-corrected chi connectivity index (χ2v) is 6.85. The first kappa shape index (κ1) is 19.6. The monoisotopic (exact) mass is 376 g/mol. The third kappa shape index (κ3) is 5.41. The smallest absolute Gasteiger partial charge is 0.267 e. The summed E-state index contributed by atoms with van der Waals surface area (Å²) >= 11 is 0. The molecule has 0 aromatic heterocycles. The molecule has 1 saturated heterocycles. The lowest BCUT2D eigenvalue weighted by atomic mass is 9.90. The van der Waals surface area contributed by atoms with Crippen molar-refractivity contribution in [2.45, 2.75) is 18.8 Å². The predicted octanol–water partition coefficient (Wildman–Crippen LogP) is 3.62. The molecule has 144 valence electrons. The Kier molecular flexibility index (Phi) is 6.76. The zero-order valence-corrected chi connectivity index (χ0v) is 15.6. The van der Waals surface area contributed by atoms with Crippen molar-refractivity contribution in [1.29, 1.82) is 0 Å². The van der Waals surface area contributed by atoms with Crippen LogP contribution in [0.5, 0.6) is 0 Å². The number of nitrogens with zero attached hydrogens (tertiary/aromatic N) is 1. The zero-order chi connectivity index (χ0) is 19.8. The molecule has 3 rings (SSSR count). The highest BCUT2D eigenvalue weighted by Gasteiger charge is 2.23. The van der Waals surface area contributed by atoms with Crippen LogP contribution in [0.15, 0.2) is 66.7 Å². The molecule has 0 unspecified atom stereocenters. The maximum Gasteiger partial charge on any atom is 0.267 e. The lowest BCUT2D eigenvalue weighted by molar-refractivity contribution is -0.127. The molecule has 0 saturated carbocycles. The first-order chi connectivity index (χ1) is 13.7. The van der Waals surface area contributed by atoms with Crippen LogP contribution < -0.4 is 5.48 Å². The summed E-state index contributed by atoms with van der Waals surface area (Å²) in [5.74, 6) is -0.186. The van der Waals surface area contributed by atoms with E-state index in [1.165, 1.54) is 11.6 Å². The van der Waals surface area contributed by atoms with Crippen molar-refractivity contribution in [2.75, 3.05) is 13.1 Å². The molecule has 1 aliphatic heterocycles. The van der Waals surface area contributed by atoms with Gasteiger partial charge in [0.05, 0.1) is 0 Å². The number of piperidine rings is 1. The van der Waals surface area contributed by atoms with Crippen LogP contribution in [0.4, 0.5) is 0 Å². The SMILES string of the molecule is O=C(/C=C/c1cccc(/C=C/C(=O)N2CCC[C@@H](c3ccccc3)C2)c1)NO. The Morgan fingerprint density at radius 2 is 1.71 bits per heavy atom. The van der Waals surface area contributed by atoms with Crippen LogP contribution in [0.2, 0.25) is 0 Å². The average molecular weight is 376 g/mol. The Bertz CT molecular complexity index is 874. The van der Waals surface area contributed by atoms with Gasteiger partial charge in [0.2, 0.25) is 5.91 Å². The van der Waals surface area contributed by atoms with Crippen molar-refractivity contribution in [3.05, 3.63) is 83.4 Å². The molecule has 5 nitrogen and oxygen atoms in total. The van der Waals surface area contributed by atoms with Crippen LogP contribution in [0.1, 0.15) is 35.4 Å². The summed E-state index contributed by atoms with van der Waals surface area (Å²) in [6, 6.07) is 17.8. The van der Waals surface area contributed by atoms with E-state index in [0.29, 0.717) is 5.92 Å². The van der Waals surface area contributed by atoms with Crippen LogP contribution in [0, 0.1) is 0 Å². The second kappa shape index (κ2) is 9.67. The lowest BCUT2D eigenvalue weighted by Crippen LogP contribution is -2.38. The molecule has 0 aliphatic carbocycles. The number of hydrogen-bond donors (Lipinski definition) is 2. The van der Waals surface area contributed by atoms with Gasteiger partial charge in [-0.2, -0.15) is 0 Å². The molecule has 1 heterocycles. The standard InChI is InChI=1S/C23H24N2O3/c26-22(24-28)13-11-18-6-4-7-19(16-18)12-14-23(27)25-15-5-10-21(17-25)20-8-2-1-3-9-20/h1-4,6-9,11-14,16,21,28H,5,10,15,17H2,(H,24,26)/b13-11+,14-12+/t21-/m1/s1. The van der Waals surface area contributed by atoms with E-state index in [9.17, 15) is 9.59 Å². The molecule has 28 heavy (non-hydrogen) atoms. The summed E-state index contributed by atoms with van der Waals surface area (Å²) < 4.78 is 0. The number of rotatable bonds is 5. The van der Waals surface area contributed by atoms with E-state index in [1.54, 1.807) is 23.7 Å². The van der Waals surface area contributed by atoms with Crippen molar-refractivity contribution in [2.24, 2.45) is 0 Å². The molecule has 2 aromatic rings. The molecule has 0 bridgehead atoms. The molecule has 2 amide bonds. The van der Waals surface area contributed by atoms with Gasteiger partial charge in [0, 0.05) is 31.2 Å². The molecular weight excluding hydrogens is 352 g/mol. The van der Waals surface area contributed by atoms with E-state index < -0.39 is 5.91 Å². The minimum Gasteiger partial charge on any atom is -0.339 e. The Morgan fingerprint density at radius 3 is 2.43 bits per heavy atom. The van der Waals surface area contributed by atoms with Crippen LogP contribution >= 0.6 is 0 Å². The number of carbonyl (C=O) groups excluding carboxylic acids is 2. The van der Waals surface area contributed by atoms with Gasteiger partial charge in [-0.3, -0.25) is 14.8 Å². The highest BCUT2D eigenvalue weighted by atomic mass is 16.5. The van der Waals surface area contributed by atoms with Crippen molar-refractivity contribution in [3.63, 3.8) is 0 Å². The largest absolute Gasteiger partial charge is 0.339 e. The maximum atomic E-state index is 12.6. The van der Waals surface area contributed by atoms with Gasteiger partial charge >= 0.3 is 0 Å². The van der Waals surface area contributed by atoms with Gasteiger partial charge in [-0.25, -0.2) is 5.48 Å². The Hall–Kier alpha value is -3.18. The number of benzene rings is 2. The number of hydroxylamine groups is 1. The van der Waals surface area contributed by atoms with E-state index in [-0.39, 0.29) is 5.91 Å². The van der Waals surface area contributed by atoms with Crippen molar-refractivity contribution < 1.29 is 14.8 Å². The van der Waals surface area contributed by atoms with E-state index in [2.05, 4.69) is 12.1 Å². The van der Waals surface area contributed by atoms with E-state index in [0.717, 1.165) is 37.1 Å². The summed E-state index contributed by atoms with van der Waals surface area (Å²) in [7, 11) is 0. The number of likely N-dealkylation sites (tertiary alicyclic amines) is 1. The maximum absolute atomic E-state index is 12.6. The van der Waals surface area contributed by atoms with Crippen LogP contribution in [-0.2, 0) is 9.59 Å². The first-order valence-electron chi connectivity index (χ1n) is 9.40. The molecule has 0 radical (unpaired) electrons. The third-order valence-corrected chi connectivity index (χ3v) is 4.87. The highest BCUT2D eigenvalue weighted by Crippen LogP contribution is 2.26. The minimum absolute atomic E-state index is 0.0150. The number of hydrogen-bond acceptors (Lipinski definition) is 3.